The molecule has 3 nitrogen and oxygen atoms in total. The summed E-state index contributed by atoms with van der Waals surface area (Å²) in [6.45, 7) is 2.19. The van der Waals surface area contributed by atoms with Crippen LogP contribution >= 0.6 is 11.6 Å². The Hall–Kier alpha value is -1.13. The van der Waals surface area contributed by atoms with E-state index in [1.54, 1.807) is 0 Å². The van der Waals surface area contributed by atoms with Crippen molar-refractivity contribution in [2.45, 2.75) is 25.7 Å². The molecule has 0 radical (unpaired) electrons. The average molecular weight is 283 g/mol. The highest BCUT2D eigenvalue weighted by Gasteiger charge is 2.16. The van der Waals surface area contributed by atoms with Crippen LogP contribution < -0.4 is 5.32 Å². The van der Waals surface area contributed by atoms with E-state index in [0.717, 1.165) is 31.8 Å². The molecule has 19 heavy (non-hydrogen) atoms. The van der Waals surface area contributed by atoms with E-state index in [9.17, 15) is 4.39 Å². The van der Waals surface area contributed by atoms with Crippen LogP contribution in [0.1, 0.15) is 25.2 Å². The third kappa shape index (κ3) is 2.90. The minimum atomic E-state index is -0.379. The van der Waals surface area contributed by atoms with Crippen LogP contribution in [0.4, 0.5) is 4.39 Å². The van der Waals surface area contributed by atoms with Crippen molar-refractivity contribution in [2.24, 2.45) is 5.92 Å². The van der Waals surface area contributed by atoms with Gasteiger partial charge in [0.05, 0.1) is 5.02 Å². The summed E-state index contributed by atoms with van der Waals surface area (Å²) in [6.07, 6.45) is 4.26. The second kappa shape index (κ2) is 5.47. The Morgan fingerprint density at radius 3 is 2.95 bits per heavy atom. The molecule has 3 rings (SSSR count). The second-order valence-electron chi connectivity index (χ2n) is 5.08. The standard InChI is InChI=1S/C14H16ClFN2O/c15-11-7-10(16)8-12-14(11)19-13(18-12)2-1-9-3-5-17-6-4-9/h7-9,17H,1-6H2. The number of fused-ring (bicyclic) bond motifs is 1. The third-order valence-corrected chi connectivity index (χ3v) is 3.96. The van der Waals surface area contributed by atoms with Crippen LogP contribution in [-0.4, -0.2) is 18.1 Å². The number of halogens is 2. The van der Waals surface area contributed by atoms with E-state index in [2.05, 4.69) is 10.3 Å². The average Bonchev–Trinajstić information content (AvgIpc) is 2.81. The van der Waals surface area contributed by atoms with Crippen molar-refractivity contribution < 1.29 is 8.81 Å². The van der Waals surface area contributed by atoms with E-state index in [-0.39, 0.29) is 10.8 Å². The fourth-order valence-electron chi connectivity index (χ4n) is 2.61. The number of hydrogen-bond acceptors (Lipinski definition) is 3. The molecule has 2 aromatic rings. The lowest BCUT2D eigenvalue weighted by atomic mass is 9.93. The maximum atomic E-state index is 13.2. The van der Waals surface area contributed by atoms with E-state index in [1.807, 2.05) is 0 Å². The van der Waals surface area contributed by atoms with Gasteiger partial charge in [-0.3, -0.25) is 0 Å². The number of rotatable bonds is 3. The summed E-state index contributed by atoms with van der Waals surface area (Å²) >= 11 is 5.94. The summed E-state index contributed by atoms with van der Waals surface area (Å²) in [5.41, 5.74) is 0.994. The monoisotopic (exact) mass is 282 g/mol. The molecule has 1 saturated heterocycles. The SMILES string of the molecule is Fc1cc(Cl)c2oc(CCC3CCNCC3)nc2c1. The van der Waals surface area contributed by atoms with Gasteiger partial charge in [0.2, 0.25) is 0 Å². The zero-order valence-electron chi connectivity index (χ0n) is 10.6. The number of nitrogens with one attached hydrogen (secondary N) is 1. The van der Waals surface area contributed by atoms with Crippen LogP contribution in [0.2, 0.25) is 5.02 Å². The van der Waals surface area contributed by atoms with Crippen molar-refractivity contribution >= 4 is 22.7 Å². The maximum Gasteiger partial charge on any atom is 0.195 e. The molecule has 1 aromatic heterocycles. The highest BCUT2D eigenvalue weighted by molar-refractivity contribution is 6.34. The second-order valence-corrected chi connectivity index (χ2v) is 5.48. The molecule has 102 valence electrons. The highest BCUT2D eigenvalue weighted by Crippen LogP contribution is 2.27. The zero-order valence-corrected chi connectivity index (χ0v) is 11.3. The molecule has 2 heterocycles. The molecular weight excluding hydrogens is 267 g/mol. The lowest BCUT2D eigenvalue weighted by Gasteiger charge is -2.21. The van der Waals surface area contributed by atoms with Crippen molar-refractivity contribution in [2.75, 3.05) is 13.1 Å². The summed E-state index contributed by atoms with van der Waals surface area (Å²) in [4.78, 5) is 4.31. The molecule has 0 atom stereocenters. The molecule has 0 saturated carbocycles. The molecule has 1 N–H and O–H groups in total. The Morgan fingerprint density at radius 1 is 1.37 bits per heavy atom. The Morgan fingerprint density at radius 2 is 2.16 bits per heavy atom. The van der Waals surface area contributed by atoms with Crippen molar-refractivity contribution in [1.82, 2.24) is 10.3 Å². The first-order valence-corrected chi connectivity index (χ1v) is 7.05. The fourth-order valence-corrected chi connectivity index (χ4v) is 2.85. The van der Waals surface area contributed by atoms with Gasteiger partial charge in [-0.1, -0.05) is 11.6 Å². The molecule has 1 fully saturated rings. The molecule has 1 aliphatic heterocycles. The molecule has 0 unspecified atom stereocenters. The number of hydrogen-bond donors (Lipinski definition) is 1. The highest BCUT2D eigenvalue weighted by atomic mass is 35.5. The largest absolute Gasteiger partial charge is 0.439 e. The van der Waals surface area contributed by atoms with E-state index in [0.29, 0.717) is 17.0 Å². The van der Waals surface area contributed by atoms with E-state index in [4.69, 9.17) is 16.0 Å². The van der Waals surface area contributed by atoms with E-state index in [1.165, 1.54) is 25.0 Å². The molecule has 1 aliphatic rings. The summed E-state index contributed by atoms with van der Waals surface area (Å²) in [5.74, 6) is 1.00. The molecule has 5 heteroatoms. The van der Waals surface area contributed by atoms with Crippen LogP contribution in [-0.2, 0) is 6.42 Å². The van der Waals surface area contributed by atoms with Gasteiger partial charge in [0, 0.05) is 12.5 Å². The van der Waals surface area contributed by atoms with Crippen molar-refractivity contribution in [3.05, 3.63) is 28.9 Å². The minimum Gasteiger partial charge on any atom is -0.439 e. The predicted molar refractivity (Wildman–Crippen MR) is 72.9 cm³/mol. The van der Waals surface area contributed by atoms with Crippen LogP contribution in [0.15, 0.2) is 16.5 Å². The van der Waals surface area contributed by atoms with E-state index < -0.39 is 0 Å². The molecule has 0 spiro atoms. The Balaban J connectivity index is 1.72. The number of nitrogens with zero attached hydrogens (tertiary/aromatic N) is 1. The molecular formula is C14H16ClFN2O. The summed E-state index contributed by atoms with van der Waals surface area (Å²) in [5, 5.41) is 3.64. The van der Waals surface area contributed by atoms with Crippen LogP contribution in [0.25, 0.3) is 11.1 Å². The summed E-state index contributed by atoms with van der Waals surface area (Å²) < 4.78 is 18.8. The van der Waals surface area contributed by atoms with Crippen molar-refractivity contribution in [1.29, 1.82) is 0 Å². The van der Waals surface area contributed by atoms with Gasteiger partial charge in [-0.05, 0) is 44.3 Å². The first kappa shape index (κ1) is 12.9. The predicted octanol–water partition coefficient (Wildman–Crippen LogP) is 3.55. The number of oxazole rings is 1. The zero-order chi connectivity index (χ0) is 13.2. The van der Waals surface area contributed by atoms with E-state index >= 15 is 0 Å². The molecule has 0 aliphatic carbocycles. The quantitative estimate of drug-likeness (QED) is 0.935. The molecule has 1 aromatic carbocycles. The molecule has 0 bridgehead atoms. The first-order chi connectivity index (χ1) is 9.22. The Bertz CT molecular complexity index is 578. The Labute approximate surface area is 116 Å². The fraction of sp³-hybridized carbons (Fsp3) is 0.500. The van der Waals surface area contributed by atoms with Crippen LogP contribution in [0.3, 0.4) is 0 Å². The van der Waals surface area contributed by atoms with Gasteiger partial charge < -0.3 is 9.73 Å². The number of aromatic nitrogens is 1. The van der Waals surface area contributed by atoms with Gasteiger partial charge >= 0.3 is 0 Å². The number of benzene rings is 1. The van der Waals surface area contributed by atoms with Gasteiger partial charge in [-0.15, -0.1) is 0 Å². The lowest BCUT2D eigenvalue weighted by Crippen LogP contribution is -2.27. The van der Waals surface area contributed by atoms with Gasteiger partial charge in [-0.25, -0.2) is 9.37 Å². The summed E-state index contributed by atoms with van der Waals surface area (Å²) in [6, 6.07) is 2.62. The van der Waals surface area contributed by atoms with Gasteiger partial charge in [-0.2, -0.15) is 0 Å². The maximum absolute atomic E-state index is 13.2. The smallest absolute Gasteiger partial charge is 0.195 e. The van der Waals surface area contributed by atoms with Gasteiger partial charge in [0.15, 0.2) is 11.5 Å². The van der Waals surface area contributed by atoms with Crippen LogP contribution in [0.5, 0.6) is 0 Å². The van der Waals surface area contributed by atoms with Crippen LogP contribution in [0, 0.1) is 11.7 Å². The number of aryl methyl sites for hydroxylation is 1. The topological polar surface area (TPSA) is 38.1 Å². The van der Waals surface area contributed by atoms with Gasteiger partial charge in [0.1, 0.15) is 11.3 Å². The minimum absolute atomic E-state index is 0.288. The van der Waals surface area contributed by atoms with Crippen molar-refractivity contribution in [3.63, 3.8) is 0 Å². The number of piperidine rings is 1. The normalized spacial score (nSPS) is 17.2. The van der Waals surface area contributed by atoms with Crippen molar-refractivity contribution in [3.8, 4) is 0 Å². The third-order valence-electron chi connectivity index (χ3n) is 3.68. The van der Waals surface area contributed by atoms with Gasteiger partial charge in [0.25, 0.3) is 0 Å². The summed E-state index contributed by atoms with van der Waals surface area (Å²) in [7, 11) is 0. The molecule has 0 amide bonds. The first-order valence-electron chi connectivity index (χ1n) is 6.67. The Kier molecular flexibility index (Phi) is 3.71. The lowest BCUT2D eigenvalue weighted by molar-refractivity contribution is 0.343.